The Morgan fingerprint density at radius 1 is 1.36 bits per heavy atom. The van der Waals surface area contributed by atoms with Gasteiger partial charge in [0, 0.05) is 13.2 Å². The fraction of sp³-hybridized carbons (Fsp3) is 0.706. The summed E-state index contributed by atoms with van der Waals surface area (Å²) < 4.78 is 23.6. The Balaban J connectivity index is 0.000000403. The Kier molecular flexibility index (Phi) is 6.37. The van der Waals surface area contributed by atoms with Gasteiger partial charge >= 0.3 is 0 Å². The first-order valence-electron chi connectivity index (χ1n) is 9.16. The maximum atomic E-state index is 10.6. The van der Waals surface area contributed by atoms with Gasteiger partial charge in [-0.15, -0.1) is 0 Å². The lowest BCUT2D eigenvalue weighted by Crippen LogP contribution is -2.50. The smallest absolute Gasteiger partial charge is 0.223 e. The van der Waals surface area contributed by atoms with Gasteiger partial charge in [0.15, 0.2) is 22.8 Å². The molecule has 4 rings (SSSR count). The molecule has 4 unspecified atom stereocenters. The average Bonchev–Trinajstić information content (AvgIpc) is 3.17. The number of nitrogens with zero attached hydrogens (tertiary/aromatic N) is 4. The van der Waals surface area contributed by atoms with Crippen molar-refractivity contribution in [3.05, 3.63) is 11.5 Å². The highest BCUT2D eigenvalue weighted by Crippen LogP contribution is 2.38. The summed E-state index contributed by atoms with van der Waals surface area (Å²) in [6.45, 7) is 9.59. The molecular formula is C17H26ClN5O5. The molecule has 0 aromatic carbocycles. The van der Waals surface area contributed by atoms with Gasteiger partial charge in [0.05, 0.1) is 12.9 Å². The van der Waals surface area contributed by atoms with E-state index in [0.717, 1.165) is 13.2 Å². The van der Waals surface area contributed by atoms with Crippen molar-refractivity contribution in [2.75, 3.05) is 25.6 Å². The van der Waals surface area contributed by atoms with E-state index in [2.05, 4.69) is 15.0 Å². The number of halogens is 1. The zero-order valence-corrected chi connectivity index (χ0v) is 17.1. The second kappa shape index (κ2) is 8.44. The van der Waals surface area contributed by atoms with E-state index in [9.17, 15) is 5.11 Å². The second-order valence-electron chi connectivity index (χ2n) is 6.83. The SMILES string of the molecule is CC1(C)OCC2OC(n3cnc4c(Cl)nc(N)nc43)C(O)C2O1.CCOCC. The molecule has 2 fully saturated rings. The molecule has 2 aliphatic rings. The molecule has 11 heteroatoms. The minimum atomic E-state index is -0.907. The summed E-state index contributed by atoms with van der Waals surface area (Å²) in [5.74, 6) is -0.747. The van der Waals surface area contributed by atoms with Crippen molar-refractivity contribution in [2.45, 2.75) is 58.0 Å². The third kappa shape index (κ3) is 4.22. The van der Waals surface area contributed by atoms with Gasteiger partial charge < -0.3 is 29.8 Å². The average molecular weight is 416 g/mol. The quantitative estimate of drug-likeness (QED) is 0.717. The van der Waals surface area contributed by atoms with Crippen molar-refractivity contribution in [3.63, 3.8) is 0 Å². The summed E-state index contributed by atoms with van der Waals surface area (Å²) in [7, 11) is 0. The Hall–Kier alpha value is -1.56. The van der Waals surface area contributed by atoms with Crippen molar-refractivity contribution in [1.82, 2.24) is 19.5 Å². The number of ether oxygens (including phenoxy) is 4. The fourth-order valence-corrected chi connectivity index (χ4v) is 3.38. The minimum Gasteiger partial charge on any atom is -0.386 e. The molecule has 10 nitrogen and oxygen atoms in total. The molecule has 28 heavy (non-hydrogen) atoms. The van der Waals surface area contributed by atoms with E-state index < -0.39 is 24.2 Å². The number of fused-ring (bicyclic) bond motifs is 2. The van der Waals surface area contributed by atoms with Crippen LogP contribution in [0.15, 0.2) is 6.33 Å². The van der Waals surface area contributed by atoms with Crippen LogP contribution in [0.25, 0.3) is 11.2 Å². The van der Waals surface area contributed by atoms with Crippen LogP contribution < -0.4 is 5.73 Å². The molecule has 4 heterocycles. The van der Waals surface area contributed by atoms with E-state index in [-0.39, 0.29) is 17.2 Å². The number of aliphatic hydroxyl groups excluding tert-OH is 1. The van der Waals surface area contributed by atoms with E-state index >= 15 is 0 Å². The van der Waals surface area contributed by atoms with Crippen LogP contribution in [0.3, 0.4) is 0 Å². The summed E-state index contributed by atoms with van der Waals surface area (Å²) in [6.07, 6.45) is -1.03. The predicted octanol–water partition coefficient (Wildman–Crippen LogP) is 1.51. The highest BCUT2D eigenvalue weighted by atomic mass is 35.5. The van der Waals surface area contributed by atoms with Crippen molar-refractivity contribution >= 4 is 28.7 Å². The molecular weight excluding hydrogens is 390 g/mol. The third-order valence-electron chi connectivity index (χ3n) is 4.40. The van der Waals surface area contributed by atoms with Gasteiger partial charge in [-0.05, 0) is 27.7 Å². The van der Waals surface area contributed by atoms with Crippen LogP contribution in [-0.2, 0) is 18.9 Å². The molecule has 0 radical (unpaired) electrons. The lowest BCUT2D eigenvalue weighted by atomic mass is 10.1. The first kappa shape index (κ1) is 21.2. The molecule has 0 bridgehead atoms. The summed E-state index contributed by atoms with van der Waals surface area (Å²) in [4.78, 5) is 12.2. The Labute approximate surface area is 167 Å². The molecule has 3 N–H and O–H groups in total. The number of aliphatic hydroxyl groups is 1. The van der Waals surface area contributed by atoms with Crippen molar-refractivity contribution < 1.29 is 24.1 Å². The maximum Gasteiger partial charge on any atom is 0.223 e. The highest BCUT2D eigenvalue weighted by molar-refractivity contribution is 6.33. The zero-order valence-electron chi connectivity index (χ0n) is 16.3. The predicted molar refractivity (Wildman–Crippen MR) is 102 cm³/mol. The largest absolute Gasteiger partial charge is 0.386 e. The molecule has 0 saturated carbocycles. The number of aromatic nitrogens is 4. The van der Waals surface area contributed by atoms with Crippen molar-refractivity contribution in [3.8, 4) is 0 Å². The highest BCUT2D eigenvalue weighted by Gasteiger charge is 2.51. The van der Waals surface area contributed by atoms with Gasteiger partial charge in [0.2, 0.25) is 5.95 Å². The van der Waals surface area contributed by atoms with Crippen LogP contribution in [0, 0.1) is 0 Å². The standard InChI is InChI=1S/C13H16ClN5O4.C4H10O/c1-13(2)21-3-5-8(23-13)7(20)11(22-5)19-4-16-6-9(14)17-12(15)18-10(6)19;1-3-5-4-2/h4-5,7-8,11,20H,3H2,1-2H3,(H2,15,17,18);3-4H2,1-2H3. The fourth-order valence-electron chi connectivity index (χ4n) is 3.16. The summed E-state index contributed by atoms with van der Waals surface area (Å²) in [5.41, 5.74) is 6.43. The summed E-state index contributed by atoms with van der Waals surface area (Å²) in [5, 5.41) is 10.8. The number of anilines is 1. The Bertz CT molecular complexity index is 815. The first-order valence-corrected chi connectivity index (χ1v) is 9.53. The van der Waals surface area contributed by atoms with E-state index in [0.29, 0.717) is 17.8 Å². The van der Waals surface area contributed by atoms with E-state index in [1.54, 1.807) is 18.4 Å². The lowest BCUT2D eigenvalue weighted by molar-refractivity contribution is -0.300. The number of hydrogen-bond donors (Lipinski definition) is 2. The molecule has 2 aromatic rings. The van der Waals surface area contributed by atoms with Gasteiger partial charge in [0.1, 0.15) is 23.8 Å². The number of imidazole rings is 1. The lowest BCUT2D eigenvalue weighted by Gasteiger charge is -2.37. The van der Waals surface area contributed by atoms with E-state index in [4.69, 9.17) is 36.3 Å². The van der Waals surface area contributed by atoms with Crippen LogP contribution in [-0.4, -0.2) is 68.5 Å². The summed E-state index contributed by atoms with van der Waals surface area (Å²) in [6, 6.07) is 0. The van der Waals surface area contributed by atoms with Crippen LogP contribution in [0.2, 0.25) is 5.15 Å². The van der Waals surface area contributed by atoms with Crippen LogP contribution in [0.4, 0.5) is 5.95 Å². The van der Waals surface area contributed by atoms with Gasteiger partial charge in [-0.25, -0.2) is 4.98 Å². The molecule has 156 valence electrons. The molecule has 0 aliphatic carbocycles. The van der Waals surface area contributed by atoms with Gasteiger partial charge in [-0.2, -0.15) is 9.97 Å². The monoisotopic (exact) mass is 415 g/mol. The van der Waals surface area contributed by atoms with Crippen LogP contribution in [0.5, 0.6) is 0 Å². The third-order valence-corrected chi connectivity index (χ3v) is 4.67. The van der Waals surface area contributed by atoms with Gasteiger partial charge in [-0.3, -0.25) is 4.57 Å². The normalized spacial score (nSPS) is 28.6. The molecule has 2 aliphatic heterocycles. The minimum absolute atomic E-state index is 0.0230. The molecule has 0 amide bonds. The summed E-state index contributed by atoms with van der Waals surface area (Å²) >= 11 is 6.02. The Morgan fingerprint density at radius 2 is 2.07 bits per heavy atom. The zero-order chi connectivity index (χ0) is 20.5. The molecule has 2 saturated heterocycles. The first-order chi connectivity index (χ1) is 13.3. The Morgan fingerprint density at radius 3 is 2.71 bits per heavy atom. The maximum absolute atomic E-state index is 10.6. The van der Waals surface area contributed by atoms with Crippen LogP contribution in [0.1, 0.15) is 33.9 Å². The van der Waals surface area contributed by atoms with Crippen molar-refractivity contribution in [2.24, 2.45) is 0 Å². The van der Waals surface area contributed by atoms with E-state index in [1.165, 1.54) is 6.33 Å². The molecule has 0 spiro atoms. The van der Waals surface area contributed by atoms with Crippen LogP contribution >= 0.6 is 11.6 Å². The number of rotatable bonds is 3. The molecule has 2 aromatic heterocycles. The molecule has 4 atom stereocenters. The topological polar surface area (TPSA) is 127 Å². The second-order valence-corrected chi connectivity index (χ2v) is 7.19. The van der Waals surface area contributed by atoms with Gasteiger partial charge in [0.25, 0.3) is 0 Å². The number of nitrogen functional groups attached to an aromatic ring is 1. The van der Waals surface area contributed by atoms with E-state index in [1.807, 2.05) is 13.8 Å². The van der Waals surface area contributed by atoms with Gasteiger partial charge in [-0.1, -0.05) is 11.6 Å². The van der Waals surface area contributed by atoms with Crippen molar-refractivity contribution in [1.29, 1.82) is 0 Å². The number of nitrogens with two attached hydrogens (primary N) is 1. The number of hydrogen-bond acceptors (Lipinski definition) is 9.